The van der Waals surface area contributed by atoms with Crippen molar-refractivity contribution in [3.63, 3.8) is 0 Å². The Labute approximate surface area is 112 Å². The Morgan fingerprint density at radius 3 is 2.24 bits per heavy atom. The molecule has 17 heavy (non-hydrogen) atoms. The first-order valence-electron chi connectivity index (χ1n) is 5.91. The molecule has 3 heteroatoms. The van der Waals surface area contributed by atoms with Crippen molar-refractivity contribution in [2.75, 3.05) is 6.61 Å². The zero-order valence-electron chi connectivity index (χ0n) is 11.0. The molecule has 0 radical (unpaired) electrons. The molecule has 0 heterocycles. The molecule has 0 saturated heterocycles. The molecule has 0 aliphatic heterocycles. The van der Waals surface area contributed by atoms with Crippen LogP contribution in [0.1, 0.15) is 37.8 Å². The molecule has 0 aromatic heterocycles. The van der Waals surface area contributed by atoms with Crippen molar-refractivity contribution in [3.05, 3.63) is 27.7 Å². The van der Waals surface area contributed by atoms with Crippen LogP contribution in [0.2, 0.25) is 0 Å². The summed E-state index contributed by atoms with van der Waals surface area (Å²) in [6.07, 6.45) is 1.61. The number of aliphatic hydroxyl groups is 1. The highest BCUT2D eigenvalue weighted by Gasteiger charge is 2.11. The van der Waals surface area contributed by atoms with Crippen LogP contribution in [0.3, 0.4) is 0 Å². The smallest absolute Gasteiger partial charge is 0.119 e. The van der Waals surface area contributed by atoms with E-state index in [2.05, 4.69) is 29.8 Å². The molecule has 0 unspecified atom stereocenters. The summed E-state index contributed by atoms with van der Waals surface area (Å²) >= 11 is 3.53. The van der Waals surface area contributed by atoms with Gasteiger partial charge in [-0.2, -0.15) is 0 Å². The van der Waals surface area contributed by atoms with E-state index in [1.807, 2.05) is 26.0 Å². The van der Waals surface area contributed by atoms with Crippen molar-refractivity contribution in [2.24, 2.45) is 0 Å². The second kappa shape index (κ2) is 5.87. The van der Waals surface area contributed by atoms with E-state index in [0.717, 1.165) is 23.1 Å². The monoisotopic (exact) mass is 300 g/mol. The maximum absolute atomic E-state index is 9.58. The molecule has 0 spiro atoms. The molecular weight excluding hydrogens is 280 g/mol. The van der Waals surface area contributed by atoms with E-state index in [1.165, 1.54) is 11.1 Å². The average molecular weight is 301 g/mol. The minimum Gasteiger partial charge on any atom is -0.494 e. The van der Waals surface area contributed by atoms with Crippen molar-refractivity contribution >= 4 is 15.9 Å². The van der Waals surface area contributed by atoms with Gasteiger partial charge < -0.3 is 9.84 Å². The summed E-state index contributed by atoms with van der Waals surface area (Å²) in [5.41, 5.74) is 1.76. The van der Waals surface area contributed by atoms with Crippen LogP contribution in [0.25, 0.3) is 0 Å². The van der Waals surface area contributed by atoms with Gasteiger partial charge in [-0.05, 0) is 63.8 Å². The predicted octanol–water partition coefficient (Wildman–Crippen LogP) is 4.00. The molecule has 0 aliphatic rings. The third-order valence-corrected chi connectivity index (χ3v) is 3.86. The lowest BCUT2D eigenvalue weighted by atomic mass is 10.0. The third kappa shape index (κ3) is 5.09. The van der Waals surface area contributed by atoms with Crippen LogP contribution in [-0.2, 0) is 0 Å². The van der Waals surface area contributed by atoms with Crippen molar-refractivity contribution in [1.82, 2.24) is 0 Å². The first-order chi connectivity index (χ1) is 7.79. The Kier molecular flexibility index (Phi) is 5.02. The minimum atomic E-state index is -0.602. The van der Waals surface area contributed by atoms with Gasteiger partial charge in [0.25, 0.3) is 0 Å². The molecule has 0 saturated carbocycles. The topological polar surface area (TPSA) is 29.5 Å². The second-order valence-electron chi connectivity index (χ2n) is 5.14. The van der Waals surface area contributed by atoms with Gasteiger partial charge in [-0.1, -0.05) is 15.9 Å². The number of ether oxygens (including phenoxy) is 1. The fraction of sp³-hybridized carbons (Fsp3) is 0.571. The Hall–Kier alpha value is -0.540. The quantitative estimate of drug-likeness (QED) is 0.833. The Bertz CT molecular complexity index is 357. The summed E-state index contributed by atoms with van der Waals surface area (Å²) in [6, 6.07) is 4.06. The largest absolute Gasteiger partial charge is 0.494 e. The van der Waals surface area contributed by atoms with Gasteiger partial charge >= 0.3 is 0 Å². The summed E-state index contributed by atoms with van der Waals surface area (Å²) < 4.78 is 6.83. The number of hydrogen-bond donors (Lipinski definition) is 1. The summed E-state index contributed by atoms with van der Waals surface area (Å²) in [6.45, 7) is 8.40. The zero-order valence-corrected chi connectivity index (χ0v) is 12.6. The molecule has 1 rings (SSSR count). The predicted molar refractivity (Wildman–Crippen MR) is 74.6 cm³/mol. The lowest BCUT2D eigenvalue weighted by Crippen LogP contribution is -2.19. The molecule has 96 valence electrons. The summed E-state index contributed by atoms with van der Waals surface area (Å²) in [4.78, 5) is 0. The molecule has 0 aliphatic carbocycles. The highest BCUT2D eigenvalue weighted by molar-refractivity contribution is 9.10. The molecule has 1 N–H and O–H groups in total. The number of hydrogen-bond acceptors (Lipinski definition) is 2. The molecule has 0 amide bonds. The van der Waals surface area contributed by atoms with Crippen LogP contribution in [0.5, 0.6) is 5.75 Å². The number of benzene rings is 1. The Morgan fingerprint density at radius 1 is 1.24 bits per heavy atom. The zero-order chi connectivity index (χ0) is 13.1. The van der Waals surface area contributed by atoms with Crippen LogP contribution in [-0.4, -0.2) is 17.3 Å². The standard InChI is InChI=1S/C14H21BrO2/c1-10-8-12(9-11(2)13(10)15)17-7-5-6-14(3,4)16/h8-9,16H,5-7H2,1-4H3. The summed E-state index contributed by atoms with van der Waals surface area (Å²) in [5.74, 6) is 0.902. The summed E-state index contributed by atoms with van der Waals surface area (Å²) in [7, 11) is 0. The highest BCUT2D eigenvalue weighted by Crippen LogP contribution is 2.26. The minimum absolute atomic E-state index is 0.602. The number of halogens is 1. The van der Waals surface area contributed by atoms with Gasteiger partial charge in [0.15, 0.2) is 0 Å². The van der Waals surface area contributed by atoms with Gasteiger partial charge in [0.1, 0.15) is 5.75 Å². The number of aryl methyl sites for hydroxylation is 2. The van der Waals surface area contributed by atoms with Crippen molar-refractivity contribution in [3.8, 4) is 5.75 Å². The Morgan fingerprint density at radius 2 is 1.76 bits per heavy atom. The molecule has 0 bridgehead atoms. The third-order valence-electron chi connectivity index (χ3n) is 2.61. The van der Waals surface area contributed by atoms with E-state index in [9.17, 15) is 5.11 Å². The maximum Gasteiger partial charge on any atom is 0.119 e. The van der Waals surface area contributed by atoms with Crippen molar-refractivity contribution in [1.29, 1.82) is 0 Å². The maximum atomic E-state index is 9.58. The van der Waals surface area contributed by atoms with E-state index < -0.39 is 5.60 Å². The molecule has 1 aromatic rings. The molecule has 0 fully saturated rings. The fourth-order valence-electron chi connectivity index (χ4n) is 1.68. The van der Waals surface area contributed by atoms with Gasteiger partial charge in [0, 0.05) is 4.47 Å². The van der Waals surface area contributed by atoms with Crippen LogP contribution in [0.15, 0.2) is 16.6 Å². The van der Waals surface area contributed by atoms with Crippen molar-refractivity contribution in [2.45, 2.75) is 46.1 Å². The van der Waals surface area contributed by atoms with E-state index >= 15 is 0 Å². The van der Waals surface area contributed by atoms with Crippen LogP contribution in [0, 0.1) is 13.8 Å². The van der Waals surface area contributed by atoms with Gasteiger partial charge in [0.2, 0.25) is 0 Å². The average Bonchev–Trinajstić information content (AvgIpc) is 2.19. The van der Waals surface area contributed by atoms with Gasteiger partial charge in [-0.3, -0.25) is 0 Å². The Balaban J connectivity index is 2.48. The first-order valence-corrected chi connectivity index (χ1v) is 6.71. The van der Waals surface area contributed by atoms with E-state index in [1.54, 1.807) is 0 Å². The van der Waals surface area contributed by atoms with E-state index in [0.29, 0.717) is 6.61 Å². The SMILES string of the molecule is Cc1cc(OCCCC(C)(C)O)cc(C)c1Br. The highest BCUT2D eigenvalue weighted by atomic mass is 79.9. The lowest BCUT2D eigenvalue weighted by molar-refractivity contribution is 0.0641. The van der Waals surface area contributed by atoms with E-state index in [4.69, 9.17) is 4.74 Å². The van der Waals surface area contributed by atoms with Crippen LogP contribution < -0.4 is 4.74 Å². The van der Waals surface area contributed by atoms with Crippen LogP contribution >= 0.6 is 15.9 Å². The normalized spacial score (nSPS) is 11.6. The lowest BCUT2D eigenvalue weighted by Gasteiger charge is -2.17. The van der Waals surface area contributed by atoms with Gasteiger partial charge in [-0.15, -0.1) is 0 Å². The van der Waals surface area contributed by atoms with E-state index in [-0.39, 0.29) is 0 Å². The molecular formula is C14H21BrO2. The molecule has 0 atom stereocenters. The van der Waals surface area contributed by atoms with Gasteiger partial charge in [-0.25, -0.2) is 0 Å². The molecule has 2 nitrogen and oxygen atoms in total. The van der Waals surface area contributed by atoms with Crippen LogP contribution in [0.4, 0.5) is 0 Å². The summed E-state index contributed by atoms with van der Waals surface area (Å²) in [5, 5.41) is 9.58. The fourth-order valence-corrected chi connectivity index (χ4v) is 1.91. The van der Waals surface area contributed by atoms with Gasteiger partial charge in [0.05, 0.1) is 12.2 Å². The second-order valence-corrected chi connectivity index (χ2v) is 5.93. The number of rotatable bonds is 5. The molecule has 1 aromatic carbocycles. The van der Waals surface area contributed by atoms with Crippen molar-refractivity contribution < 1.29 is 9.84 Å². The first kappa shape index (κ1) is 14.5.